The summed E-state index contributed by atoms with van der Waals surface area (Å²) >= 11 is 1.39. The van der Waals surface area contributed by atoms with Gasteiger partial charge in [-0.1, -0.05) is 0 Å². The van der Waals surface area contributed by atoms with Crippen LogP contribution in [0.25, 0.3) is 0 Å². The SMILES string of the molecule is CC(=O)Nc1ccc(OCc2csc(N)n2)cc1. The molecule has 1 aromatic carbocycles. The molecule has 1 aromatic heterocycles. The molecule has 94 valence electrons. The normalized spacial score (nSPS) is 10.1. The molecule has 0 aliphatic carbocycles. The van der Waals surface area contributed by atoms with Crippen molar-refractivity contribution in [3.63, 3.8) is 0 Å². The minimum absolute atomic E-state index is 0.0957. The van der Waals surface area contributed by atoms with Gasteiger partial charge in [0.1, 0.15) is 12.4 Å². The Balaban J connectivity index is 1.92. The van der Waals surface area contributed by atoms with Crippen LogP contribution < -0.4 is 15.8 Å². The van der Waals surface area contributed by atoms with Crippen molar-refractivity contribution in [1.29, 1.82) is 0 Å². The lowest BCUT2D eigenvalue weighted by Crippen LogP contribution is -2.05. The molecule has 0 fully saturated rings. The highest BCUT2D eigenvalue weighted by Crippen LogP contribution is 2.18. The van der Waals surface area contributed by atoms with E-state index in [2.05, 4.69) is 10.3 Å². The van der Waals surface area contributed by atoms with Gasteiger partial charge in [-0.15, -0.1) is 11.3 Å². The zero-order chi connectivity index (χ0) is 13.0. The molecular weight excluding hydrogens is 250 g/mol. The first kappa shape index (κ1) is 12.4. The molecule has 0 saturated carbocycles. The number of rotatable bonds is 4. The first-order valence-electron chi connectivity index (χ1n) is 5.34. The molecule has 0 spiro atoms. The number of nitrogens with zero attached hydrogens (tertiary/aromatic N) is 1. The van der Waals surface area contributed by atoms with E-state index in [0.29, 0.717) is 11.7 Å². The second-order valence-electron chi connectivity index (χ2n) is 3.67. The predicted molar refractivity (Wildman–Crippen MR) is 71.6 cm³/mol. The predicted octanol–water partition coefficient (Wildman–Crippen LogP) is 2.26. The Kier molecular flexibility index (Phi) is 3.78. The largest absolute Gasteiger partial charge is 0.487 e. The monoisotopic (exact) mass is 263 g/mol. The number of nitrogens with two attached hydrogens (primary N) is 1. The summed E-state index contributed by atoms with van der Waals surface area (Å²) in [6.45, 7) is 1.85. The van der Waals surface area contributed by atoms with Crippen LogP contribution in [0.5, 0.6) is 5.75 Å². The van der Waals surface area contributed by atoms with Gasteiger partial charge in [0.15, 0.2) is 5.13 Å². The van der Waals surface area contributed by atoms with E-state index in [4.69, 9.17) is 10.5 Å². The van der Waals surface area contributed by atoms with E-state index < -0.39 is 0 Å². The van der Waals surface area contributed by atoms with E-state index in [-0.39, 0.29) is 5.91 Å². The van der Waals surface area contributed by atoms with Gasteiger partial charge < -0.3 is 15.8 Å². The van der Waals surface area contributed by atoms with Crippen LogP contribution >= 0.6 is 11.3 Å². The van der Waals surface area contributed by atoms with Crippen LogP contribution in [0.15, 0.2) is 29.6 Å². The second kappa shape index (κ2) is 5.50. The van der Waals surface area contributed by atoms with Crippen molar-refractivity contribution >= 4 is 28.1 Å². The first-order chi connectivity index (χ1) is 8.63. The molecule has 5 nitrogen and oxygen atoms in total. The molecule has 6 heteroatoms. The van der Waals surface area contributed by atoms with Gasteiger partial charge in [-0.05, 0) is 24.3 Å². The van der Waals surface area contributed by atoms with E-state index in [1.54, 1.807) is 24.3 Å². The highest BCUT2D eigenvalue weighted by Gasteiger charge is 2.01. The number of ether oxygens (including phenoxy) is 1. The number of nitrogen functional groups attached to an aromatic ring is 1. The number of amides is 1. The highest BCUT2D eigenvalue weighted by atomic mass is 32.1. The lowest BCUT2D eigenvalue weighted by atomic mass is 10.3. The standard InChI is InChI=1S/C12H13N3O2S/c1-8(16)14-9-2-4-11(5-3-9)17-6-10-7-18-12(13)15-10/h2-5,7H,6H2,1H3,(H2,13,15)(H,14,16). The van der Waals surface area contributed by atoms with Crippen molar-refractivity contribution in [3.8, 4) is 5.75 Å². The number of hydrogen-bond donors (Lipinski definition) is 2. The van der Waals surface area contributed by atoms with E-state index >= 15 is 0 Å². The Morgan fingerprint density at radius 2 is 2.17 bits per heavy atom. The molecule has 18 heavy (non-hydrogen) atoms. The molecule has 2 aromatic rings. The van der Waals surface area contributed by atoms with Crippen molar-refractivity contribution in [1.82, 2.24) is 4.98 Å². The Morgan fingerprint density at radius 1 is 1.44 bits per heavy atom. The Hall–Kier alpha value is -2.08. The number of carbonyl (C=O) groups excluding carboxylic acids is 1. The summed E-state index contributed by atoms with van der Waals surface area (Å²) in [5.74, 6) is 0.622. The van der Waals surface area contributed by atoms with Gasteiger partial charge in [-0.2, -0.15) is 0 Å². The van der Waals surface area contributed by atoms with Crippen LogP contribution in [0.3, 0.4) is 0 Å². The minimum atomic E-state index is -0.0957. The van der Waals surface area contributed by atoms with E-state index in [9.17, 15) is 4.79 Å². The van der Waals surface area contributed by atoms with Crippen LogP contribution in [-0.4, -0.2) is 10.9 Å². The number of thiazole rings is 1. The third-order valence-corrected chi connectivity index (χ3v) is 2.85. The van der Waals surface area contributed by atoms with Gasteiger partial charge in [0.05, 0.1) is 5.69 Å². The molecule has 1 amide bonds. The molecule has 0 unspecified atom stereocenters. The number of aromatic nitrogens is 1. The van der Waals surface area contributed by atoms with Crippen LogP contribution in [0.2, 0.25) is 0 Å². The van der Waals surface area contributed by atoms with Gasteiger partial charge in [-0.3, -0.25) is 4.79 Å². The lowest BCUT2D eigenvalue weighted by Gasteiger charge is -2.06. The molecule has 2 rings (SSSR count). The summed E-state index contributed by atoms with van der Waals surface area (Å²) in [5.41, 5.74) is 7.08. The maximum atomic E-state index is 10.8. The molecular formula is C12H13N3O2S. The quantitative estimate of drug-likeness (QED) is 0.887. The van der Waals surface area contributed by atoms with Crippen molar-refractivity contribution in [3.05, 3.63) is 35.3 Å². The summed E-state index contributed by atoms with van der Waals surface area (Å²) in [4.78, 5) is 14.9. The third-order valence-electron chi connectivity index (χ3n) is 2.13. The zero-order valence-corrected chi connectivity index (χ0v) is 10.7. The minimum Gasteiger partial charge on any atom is -0.487 e. The summed E-state index contributed by atoms with van der Waals surface area (Å²) in [5, 5.41) is 5.09. The number of anilines is 2. The molecule has 1 heterocycles. The van der Waals surface area contributed by atoms with E-state index in [1.165, 1.54) is 18.3 Å². The van der Waals surface area contributed by atoms with Crippen molar-refractivity contribution < 1.29 is 9.53 Å². The fourth-order valence-electron chi connectivity index (χ4n) is 1.38. The van der Waals surface area contributed by atoms with Gasteiger partial charge >= 0.3 is 0 Å². The Labute approximate surface area is 109 Å². The average Bonchev–Trinajstić information content (AvgIpc) is 2.74. The molecule has 0 aliphatic heterocycles. The molecule has 0 atom stereocenters. The molecule has 0 saturated heterocycles. The van der Waals surface area contributed by atoms with E-state index in [1.807, 2.05) is 5.38 Å². The van der Waals surface area contributed by atoms with Crippen LogP contribution in [0.1, 0.15) is 12.6 Å². The second-order valence-corrected chi connectivity index (χ2v) is 4.56. The number of hydrogen-bond acceptors (Lipinski definition) is 5. The van der Waals surface area contributed by atoms with E-state index in [0.717, 1.165) is 17.1 Å². The summed E-state index contributed by atoms with van der Waals surface area (Å²) in [6.07, 6.45) is 0. The molecule has 0 bridgehead atoms. The molecule has 0 aliphatic rings. The zero-order valence-electron chi connectivity index (χ0n) is 9.84. The lowest BCUT2D eigenvalue weighted by molar-refractivity contribution is -0.114. The van der Waals surface area contributed by atoms with Crippen LogP contribution in [-0.2, 0) is 11.4 Å². The van der Waals surface area contributed by atoms with Gasteiger partial charge in [0, 0.05) is 18.0 Å². The smallest absolute Gasteiger partial charge is 0.221 e. The topological polar surface area (TPSA) is 77.2 Å². The summed E-state index contributed by atoms with van der Waals surface area (Å²) in [7, 11) is 0. The Morgan fingerprint density at radius 3 is 2.72 bits per heavy atom. The van der Waals surface area contributed by atoms with Gasteiger partial charge in [0.2, 0.25) is 5.91 Å². The van der Waals surface area contributed by atoms with Crippen molar-refractivity contribution in [2.24, 2.45) is 0 Å². The molecule has 3 N–H and O–H groups in total. The maximum Gasteiger partial charge on any atom is 0.221 e. The number of nitrogens with one attached hydrogen (secondary N) is 1. The number of benzene rings is 1. The average molecular weight is 263 g/mol. The number of carbonyl (C=O) groups is 1. The summed E-state index contributed by atoms with van der Waals surface area (Å²) in [6, 6.07) is 7.15. The third kappa shape index (κ3) is 3.46. The van der Waals surface area contributed by atoms with Crippen molar-refractivity contribution in [2.75, 3.05) is 11.1 Å². The van der Waals surface area contributed by atoms with Crippen LogP contribution in [0, 0.1) is 0 Å². The van der Waals surface area contributed by atoms with Gasteiger partial charge in [-0.25, -0.2) is 4.98 Å². The maximum absolute atomic E-state index is 10.8. The van der Waals surface area contributed by atoms with Crippen molar-refractivity contribution in [2.45, 2.75) is 13.5 Å². The fraction of sp³-hybridized carbons (Fsp3) is 0.167. The summed E-state index contributed by atoms with van der Waals surface area (Å²) < 4.78 is 5.54. The first-order valence-corrected chi connectivity index (χ1v) is 6.22. The fourth-order valence-corrected chi connectivity index (χ4v) is 1.93. The van der Waals surface area contributed by atoms with Crippen LogP contribution in [0.4, 0.5) is 10.8 Å². The molecule has 0 radical (unpaired) electrons. The van der Waals surface area contributed by atoms with Gasteiger partial charge in [0.25, 0.3) is 0 Å². The Bertz CT molecular complexity index is 537. The highest BCUT2D eigenvalue weighted by molar-refractivity contribution is 7.13.